The smallest absolute Gasteiger partial charge is 0.313 e. The van der Waals surface area contributed by atoms with Gasteiger partial charge in [0.05, 0.1) is 0 Å². The van der Waals surface area contributed by atoms with Crippen LogP contribution in [0.3, 0.4) is 0 Å². The molecule has 0 atom stereocenters. The van der Waals surface area contributed by atoms with Crippen molar-refractivity contribution in [1.29, 1.82) is 0 Å². The number of rotatable bonds is 2. The lowest BCUT2D eigenvalue weighted by atomic mass is 10.5. The third-order valence-electron chi connectivity index (χ3n) is 2.47. The standard InChI is InChI=1S/C9H11BrN4O2/c1-3-13-5-6(11-8(13)10)14(4-2)9(16)12-7(5)15/h3-4H2,1-2H3,(H,12,15,16). The van der Waals surface area contributed by atoms with E-state index in [1.165, 1.54) is 4.57 Å². The summed E-state index contributed by atoms with van der Waals surface area (Å²) in [6.07, 6.45) is 0. The minimum absolute atomic E-state index is 0.398. The van der Waals surface area contributed by atoms with Gasteiger partial charge in [0.2, 0.25) is 0 Å². The van der Waals surface area contributed by atoms with Crippen LogP contribution in [0.25, 0.3) is 11.2 Å². The van der Waals surface area contributed by atoms with Crippen LogP contribution in [0, 0.1) is 0 Å². The Kier molecular flexibility index (Phi) is 2.71. The zero-order valence-corrected chi connectivity index (χ0v) is 10.5. The van der Waals surface area contributed by atoms with Gasteiger partial charge in [0.15, 0.2) is 15.9 Å². The third kappa shape index (κ3) is 1.42. The first kappa shape index (κ1) is 11.1. The second-order valence-electron chi connectivity index (χ2n) is 3.30. The Balaban J connectivity index is 3.05. The van der Waals surface area contributed by atoms with Crippen molar-refractivity contribution in [2.45, 2.75) is 26.9 Å². The summed E-state index contributed by atoms with van der Waals surface area (Å²) in [6, 6.07) is 0. The van der Waals surface area contributed by atoms with Gasteiger partial charge in [0, 0.05) is 13.1 Å². The molecular weight excluding hydrogens is 276 g/mol. The summed E-state index contributed by atoms with van der Waals surface area (Å²) in [7, 11) is 0. The van der Waals surface area contributed by atoms with Crippen molar-refractivity contribution in [2.24, 2.45) is 0 Å². The molecule has 16 heavy (non-hydrogen) atoms. The van der Waals surface area contributed by atoms with Gasteiger partial charge in [-0.05, 0) is 29.8 Å². The number of halogens is 1. The summed E-state index contributed by atoms with van der Waals surface area (Å²) < 4.78 is 3.72. The van der Waals surface area contributed by atoms with Gasteiger partial charge in [0.1, 0.15) is 0 Å². The average Bonchev–Trinajstić information content (AvgIpc) is 2.55. The monoisotopic (exact) mass is 286 g/mol. The van der Waals surface area contributed by atoms with Gasteiger partial charge in [0.25, 0.3) is 5.56 Å². The van der Waals surface area contributed by atoms with Crippen LogP contribution in [-0.4, -0.2) is 19.1 Å². The van der Waals surface area contributed by atoms with Crippen LogP contribution in [0.2, 0.25) is 0 Å². The molecule has 2 heterocycles. The molecular formula is C9H11BrN4O2. The molecule has 86 valence electrons. The maximum Gasteiger partial charge on any atom is 0.330 e. The van der Waals surface area contributed by atoms with E-state index < -0.39 is 11.2 Å². The summed E-state index contributed by atoms with van der Waals surface area (Å²) in [5.74, 6) is 0. The Morgan fingerprint density at radius 1 is 1.25 bits per heavy atom. The number of H-pyrrole nitrogens is 1. The highest BCUT2D eigenvalue weighted by Crippen LogP contribution is 2.15. The van der Waals surface area contributed by atoms with Crippen LogP contribution in [0.4, 0.5) is 0 Å². The van der Waals surface area contributed by atoms with Crippen molar-refractivity contribution < 1.29 is 0 Å². The molecule has 0 radical (unpaired) electrons. The minimum Gasteiger partial charge on any atom is -0.313 e. The molecule has 0 aliphatic rings. The molecule has 2 rings (SSSR count). The highest BCUT2D eigenvalue weighted by atomic mass is 79.9. The third-order valence-corrected chi connectivity index (χ3v) is 3.08. The van der Waals surface area contributed by atoms with E-state index in [1.807, 2.05) is 13.8 Å². The van der Waals surface area contributed by atoms with E-state index in [0.717, 1.165) is 0 Å². The Morgan fingerprint density at radius 2 is 1.88 bits per heavy atom. The fourth-order valence-electron chi connectivity index (χ4n) is 1.73. The predicted molar refractivity (Wildman–Crippen MR) is 63.7 cm³/mol. The lowest BCUT2D eigenvalue weighted by Crippen LogP contribution is -2.30. The van der Waals surface area contributed by atoms with Crippen LogP contribution in [0.1, 0.15) is 13.8 Å². The van der Waals surface area contributed by atoms with Gasteiger partial charge >= 0.3 is 5.69 Å². The van der Waals surface area contributed by atoms with Crippen LogP contribution < -0.4 is 11.2 Å². The van der Waals surface area contributed by atoms with E-state index in [9.17, 15) is 9.59 Å². The molecule has 6 nitrogen and oxygen atoms in total. The number of fused-ring (bicyclic) bond motifs is 1. The highest BCUT2D eigenvalue weighted by molar-refractivity contribution is 9.10. The van der Waals surface area contributed by atoms with Gasteiger partial charge in [-0.25, -0.2) is 9.78 Å². The average molecular weight is 287 g/mol. The van der Waals surface area contributed by atoms with Crippen molar-refractivity contribution in [3.05, 3.63) is 25.6 Å². The van der Waals surface area contributed by atoms with E-state index in [2.05, 4.69) is 25.9 Å². The SMILES string of the molecule is CCn1c(Br)nc2c1c(=O)[nH]c(=O)n2CC. The van der Waals surface area contributed by atoms with Crippen LogP contribution in [0.5, 0.6) is 0 Å². The topological polar surface area (TPSA) is 72.7 Å². The molecule has 1 N–H and O–H groups in total. The van der Waals surface area contributed by atoms with E-state index in [1.54, 1.807) is 4.57 Å². The lowest BCUT2D eigenvalue weighted by molar-refractivity contribution is 0.716. The number of aryl methyl sites for hydroxylation is 2. The van der Waals surface area contributed by atoms with Crippen molar-refractivity contribution in [3.8, 4) is 0 Å². The number of aromatic amines is 1. The number of imidazole rings is 1. The number of aromatic nitrogens is 4. The summed E-state index contributed by atoms with van der Waals surface area (Å²) >= 11 is 3.28. The minimum atomic E-state index is -0.423. The first-order chi connectivity index (χ1) is 7.60. The van der Waals surface area contributed by atoms with E-state index in [0.29, 0.717) is 29.0 Å². The molecule has 0 unspecified atom stereocenters. The zero-order valence-electron chi connectivity index (χ0n) is 8.95. The maximum absolute atomic E-state index is 11.7. The molecule has 7 heteroatoms. The Bertz CT molecular complexity index is 652. The fourth-order valence-corrected chi connectivity index (χ4v) is 2.32. The summed E-state index contributed by atoms with van der Waals surface area (Å²) in [6.45, 7) is 4.83. The quantitative estimate of drug-likeness (QED) is 0.826. The van der Waals surface area contributed by atoms with Gasteiger partial charge < -0.3 is 4.57 Å². The largest absolute Gasteiger partial charge is 0.330 e. The molecule has 0 spiro atoms. The number of nitrogens with zero attached hydrogens (tertiary/aromatic N) is 3. The molecule has 0 saturated carbocycles. The molecule has 0 bridgehead atoms. The molecule has 2 aromatic rings. The number of nitrogens with one attached hydrogen (secondary N) is 1. The van der Waals surface area contributed by atoms with Gasteiger partial charge in [-0.3, -0.25) is 14.3 Å². The van der Waals surface area contributed by atoms with E-state index in [4.69, 9.17) is 0 Å². The molecule has 0 aliphatic heterocycles. The molecule has 0 saturated heterocycles. The summed E-state index contributed by atoms with van der Waals surface area (Å²) in [5.41, 5.74) is 0.0267. The van der Waals surface area contributed by atoms with E-state index >= 15 is 0 Å². The molecule has 2 aromatic heterocycles. The van der Waals surface area contributed by atoms with Gasteiger partial charge in [-0.1, -0.05) is 0 Å². The Labute approximate surface area is 99.1 Å². The normalized spacial score (nSPS) is 11.2. The van der Waals surface area contributed by atoms with Crippen molar-refractivity contribution in [3.63, 3.8) is 0 Å². The number of hydrogen-bond donors (Lipinski definition) is 1. The van der Waals surface area contributed by atoms with Crippen molar-refractivity contribution in [2.75, 3.05) is 0 Å². The molecule has 0 aromatic carbocycles. The maximum atomic E-state index is 11.7. The van der Waals surface area contributed by atoms with Gasteiger partial charge in [-0.15, -0.1) is 0 Å². The summed E-state index contributed by atoms with van der Waals surface area (Å²) in [5, 5.41) is 0. The van der Waals surface area contributed by atoms with Crippen LogP contribution >= 0.6 is 15.9 Å². The zero-order chi connectivity index (χ0) is 11.9. The fraction of sp³-hybridized carbons (Fsp3) is 0.444. The Morgan fingerprint density at radius 3 is 2.44 bits per heavy atom. The molecule has 0 amide bonds. The predicted octanol–water partition coefficient (Wildman–Crippen LogP) is 0.689. The van der Waals surface area contributed by atoms with E-state index in [-0.39, 0.29) is 0 Å². The summed E-state index contributed by atoms with van der Waals surface area (Å²) in [4.78, 5) is 29.7. The lowest BCUT2D eigenvalue weighted by Gasteiger charge is -2.02. The number of hydrogen-bond acceptors (Lipinski definition) is 3. The first-order valence-corrected chi connectivity index (χ1v) is 5.78. The molecule has 0 aliphatic carbocycles. The second kappa shape index (κ2) is 3.89. The first-order valence-electron chi connectivity index (χ1n) is 4.99. The second-order valence-corrected chi connectivity index (χ2v) is 4.01. The van der Waals surface area contributed by atoms with Crippen LogP contribution in [-0.2, 0) is 13.1 Å². The van der Waals surface area contributed by atoms with Crippen molar-refractivity contribution in [1.82, 2.24) is 19.1 Å². The molecule has 0 fully saturated rings. The van der Waals surface area contributed by atoms with Crippen LogP contribution in [0.15, 0.2) is 14.3 Å². The highest BCUT2D eigenvalue weighted by Gasteiger charge is 2.15. The van der Waals surface area contributed by atoms with Gasteiger partial charge in [-0.2, -0.15) is 0 Å². The Hall–Kier alpha value is -1.37. The van der Waals surface area contributed by atoms with Crippen molar-refractivity contribution >= 4 is 27.1 Å².